The standard InChI is InChI=1S/C14H16F3NO5S/c1-23-9-13(12(19)20)7-2-8-18(13)24(21,22)11-5-3-10(4-6-11)14(15,16)17/h3-6H,2,7-9H2,1H3,(H,19,20). The fraction of sp³-hybridized carbons (Fsp3) is 0.500. The maximum atomic E-state index is 12.7. The summed E-state index contributed by atoms with van der Waals surface area (Å²) < 4.78 is 68.9. The van der Waals surface area contributed by atoms with E-state index < -0.39 is 33.3 Å². The maximum absolute atomic E-state index is 12.7. The zero-order valence-corrected chi connectivity index (χ0v) is 13.5. The van der Waals surface area contributed by atoms with Crippen LogP contribution in [0, 0.1) is 0 Å². The van der Waals surface area contributed by atoms with Crippen molar-refractivity contribution in [3.63, 3.8) is 0 Å². The number of hydrogen-bond donors (Lipinski definition) is 1. The number of benzene rings is 1. The summed E-state index contributed by atoms with van der Waals surface area (Å²) in [7, 11) is -3.01. The van der Waals surface area contributed by atoms with Crippen LogP contribution in [0.15, 0.2) is 29.2 Å². The molecule has 1 atom stereocenters. The van der Waals surface area contributed by atoms with Crippen molar-refractivity contribution in [2.75, 3.05) is 20.3 Å². The molecule has 24 heavy (non-hydrogen) atoms. The van der Waals surface area contributed by atoms with Gasteiger partial charge in [-0.1, -0.05) is 0 Å². The molecule has 1 saturated heterocycles. The Labute approximate surface area is 136 Å². The molecular weight excluding hydrogens is 351 g/mol. The van der Waals surface area contributed by atoms with Crippen molar-refractivity contribution in [3.05, 3.63) is 29.8 Å². The minimum atomic E-state index is -4.59. The lowest BCUT2D eigenvalue weighted by Crippen LogP contribution is -2.55. The second-order valence-electron chi connectivity index (χ2n) is 5.47. The minimum Gasteiger partial charge on any atom is -0.480 e. The van der Waals surface area contributed by atoms with Crippen LogP contribution in [0.1, 0.15) is 18.4 Å². The van der Waals surface area contributed by atoms with Crippen LogP contribution in [-0.4, -0.2) is 49.6 Å². The van der Waals surface area contributed by atoms with Gasteiger partial charge in [-0.3, -0.25) is 4.79 Å². The lowest BCUT2D eigenvalue weighted by Gasteiger charge is -2.33. The highest BCUT2D eigenvalue weighted by molar-refractivity contribution is 7.89. The number of sulfonamides is 1. The highest BCUT2D eigenvalue weighted by Gasteiger charge is 2.53. The zero-order valence-electron chi connectivity index (χ0n) is 12.7. The monoisotopic (exact) mass is 367 g/mol. The maximum Gasteiger partial charge on any atom is 0.416 e. The number of methoxy groups -OCH3 is 1. The molecule has 1 aliphatic rings. The van der Waals surface area contributed by atoms with Crippen LogP contribution in [0.25, 0.3) is 0 Å². The second-order valence-corrected chi connectivity index (χ2v) is 7.33. The van der Waals surface area contributed by atoms with E-state index in [0.717, 1.165) is 16.4 Å². The van der Waals surface area contributed by atoms with Gasteiger partial charge in [0.15, 0.2) is 5.54 Å². The Hall–Kier alpha value is -1.65. The van der Waals surface area contributed by atoms with Gasteiger partial charge in [-0.2, -0.15) is 17.5 Å². The second kappa shape index (κ2) is 6.34. The quantitative estimate of drug-likeness (QED) is 0.860. The molecular formula is C14H16F3NO5S. The van der Waals surface area contributed by atoms with E-state index in [-0.39, 0.29) is 24.5 Å². The number of hydrogen-bond acceptors (Lipinski definition) is 4. The fourth-order valence-corrected chi connectivity index (χ4v) is 4.59. The number of carbonyl (C=O) groups is 1. The molecule has 1 fully saturated rings. The van der Waals surface area contributed by atoms with Crippen LogP contribution in [0.4, 0.5) is 13.2 Å². The molecule has 0 aromatic heterocycles. The Bertz CT molecular complexity index is 717. The molecule has 1 unspecified atom stereocenters. The first-order valence-electron chi connectivity index (χ1n) is 6.98. The van der Waals surface area contributed by atoms with Crippen LogP contribution in [-0.2, 0) is 25.7 Å². The lowest BCUT2D eigenvalue weighted by atomic mass is 9.99. The summed E-state index contributed by atoms with van der Waals surface area (Å²) >= 11 is 0. The molecule has 2 rings (SSSR count). The van der Waals surface area contributed by atoms with E-state index in [1.807, 2.05) is 0 Å². The first kappa shape index (κ1) is 18.7. The minimum absolute atomic E-state index is 0.0426. The van der Waals surface area contributed by atoms with E-state index in [0.29, 0.717) is 18.6 Å². The van der Waals surface area contributed by atoms with E-state index in [1.165, 1.54) is 7.11 Å². The molecule has 0 spiro atoms. The lowest BCUT2D eigenvalue weighted by molar-refractivity contribution is -0.150. The van der Waals surface area contributed by atoms with Crippen molar-refractivity contribution in [1.29, 1.82) is 0 Å². The molecule has 6 nitrogen and oxygen atoms in total. The van der Waals surface area contributed by atoms with Gasteiger partial charge in [-0.25, -0.2) is 8.42 Å². The summed E-state index contributed by atoms with van der Waals surface area (Å²) in [5.74, 6) is -1.35. The third-order valence-corrected chi connectivity index (χ3v) is 5.96. The van der Waals surface area contributed by atoms with Gasteiger partial charge in [0.1, 0.15) is 0 Å². The average Bonchev–Trinajstić information content (AvgIpc) is 2.93. The number of carboxylic acids is 1. The van der Waals surface area contributed by atoms with Crippen molar-refractivity contribution in [2.24, 2.45) is 0 Å². The highest BCUT2D eigenvalue weighted by Crippen LogP contribution is 2.36. The van der Waals surface area contributed by atoms with Crippen LogP contribution < -0.4 is 0 Å². The summed E-state index contributed by atoms with van der Waals surface area (Å²) in [6.07, 6.45) is -4.21. The fourth-order valence-electron chi connectivity index (χ4n) is 2.81. The number of carboxylic acid groups (broad SMARTS) is 1. The zero-order chi connectivity index (χ0) is 18.2. The van der Waals surface area contributed by atoms with Crippen LogP contribution in [0.2, 0.25) is 0 Å². The van der Waals surface area contributed by atoms with Gasteiger partial charge in [0.2, 0.25) is 10.0 Å². The van der Waals surface area contributed by atoms with Crippen molar-refractivity contribution in [1.82, 2.24) is 4.31 Å². The Kier molecular flexibility index (Phi) is 4.93. The molecule has 134 valence electrons. The van der Waals surface area contributed by atoms with Gasteiger partial charge in [-0.15, -0.1) is 0 Å². The van der Waals surface area contributed by atoms with Crippen LogP contribution >= 0.6 is 0 Å². The van der Waals surface area contributed by atoms with E-state index in [2.05, 4.69) is 0 Å². The number of alkyl halides is 3. The number of halogens is 3. The molecule has 0 aliphatic carbocycles. The molecule has 0 bridgehead atoms. The van der Waals surface area contributed by atoms with Crippen LogP contribution in [0.3, 0.4) is 0 Å². The summed E-state index contributed by atoms with van der Waals surface area (Å²) in [4.78, 5) is 11.3. The van der Waals surface area contributed by atoms with Crippen molar-refractivity contribution >= 4 is 16.0 Å². The third-order valence-electron chi connectivity index (χ3n) is 3.98. The van der Waals surface area contributed by atoms with Gasteiger partial charge in [-0.05, 0) is 37.1 Å². The number of aliphatic carboxylic acids is 1. The van der Waals surface area contributed by atoms with E-state index >= 15 is 0 Å². The number of ether oxygens (including phenoxy) is 1. The van der Waals surface area contributed by atoms with Crippen molar-refractivity contribution in [2.45, 2.75) is 29.5 Å². The molecule has 1 aromatic carbocycles. The van der Waals surface area contributed by atoms with Crippen molar-refractivity contribution in [3.8, 4) is 0 Å². The molecule has 0 amide bonds. The van der Waals surface area contributed by atoms with E-state index in [4.69, 9.17) is 4.74 Å². The summed E-state index contributed by atoms with van der Waals surface area (Å²) in [6.45, 7) is -0.388. The largest absolute Gasteiger partial charge is 0.480 e. The predicted octanol–water partition coefficient (Wildman–Crippen LogP) is 1.96. The Morgan fingerprint density at radius 1 is 1.33 bits per heavy atom. The van der Waals surface area contributed by atoms with Gasteiger partial charge < -0.3 is 9.84 Å². The molecule has 1 aromatic rings. The highest BCUT2D eigenvalue weighted by atomic mass is 32.2. The average molecular weight is 367 g/mol. The Morgan fingerprint density at radius 2 is 1.92 bits per heavy atom. The molecule has 10 heteroatoms. The molecule has 1 aliphatic heterocycles. The predicted molar refractivity (Wildman–Crippen MR) is 76.8 cm³/mol. The molecule has 0 saturated carbocycles. The molecule has 0 radical (unpaired) electrons. The Morgan fingerprint density at radius 3 is 2.38 bits per heavy atom. The SMILES string of the molecule is COCC1(C(=O)O)CCCN1S(=O)(=O)c1ccc(C(F)(F)F)cc1. The number of rotatable bonds is 5. The van der Waals surface area contributed by atoms with Crippen LogP contribution in [0.5, 0.6) is 0 Å². The van der Waals surface area contributed by atoms with Gasteiger partial charge >= 0.3 is 12.1 Å². The topological polar surface area (TPSA) is 83.9 Å². The van der Waals surface area contributed by atoms with Crippen molar-refractivity contribution < 1.29 is 36.2 Å². The third kappa shape index (κ3) is 3.13. The van der Waals surface area contributed by atoms with E-state index in [1.54, 1.807) is 0 Å². The summed E-state index contributed by atoms with van der Waals surface area (Å²) in [5.41, 5.74) is -2.74. The summed E-state index contributed by atoms with van der Waals surface area (Å²) in [6, 6.07) is 2.97. The Balaban J connectivity index is 2.44. The summed E-state index contributed by atoms with van der Waals surface area (Å²) in [5, 5.41) is 9.49. The first-order chi connectivity index (χ1) is 11.1. The molecule has 1 N–H and O–H groups in total. The molecule has 1 heterocycles. The van der Waals surface area contributed by atoms with Gasteiger partial charge in [0.05, 0.1) is 17.1 Å². The first-order valence-corrected chi connectivity index (χ1v) is 8.42. The normalized spacial score (nSPS) is 22.7. The van der Waals surface area contributed by atoms with E-state index in [9.17, 15) is 31.5 Å². The smallest absolute Gasteiger partial charge is 0.416 e. The number of nitrogens with zero attached hydrogens (tertiary/aromatic N) is 1. The van der Waals surface area contributed by atoms with Gasteiger partial charge in [0, 0.05) is 13.7 Å². The van der Waals surface area contributed by atoms with Gasteiger partial charge in [0.25, 0.3) is 0 Å².